The van der Waals surface area contributed by atoms with Crippen LogP contribution in [0.25, 0.3) is 0 Å². The van der Waals surface area contributed by atoms with E-state index in [1.165, 1.54) is 12.8 Å². The van der Waals surface area contributed by atoms with Crippen LogP contribution in [0.3, 0.4) is 0 Å². The smallest absolute Gasteiger partial charge is 0.228 e. The first-order valence-corrected chi connectivity index (χ1v) is 6.88. The minimum Gasteiger partial charge on any atom is -0.369 e. The summed E-state index contributed by atoms with van der Waals surface area (Å²) >= 11 is 0. The topological polar surface area (TPSA) is 43.1 Å². The van der Waals surface area contributed by atoms with Gasteiger partial charge < -0.3 is 5.73 Å². The average molecular weight is 247 g/mol. The molecule has 0 bridgehead atoms. The van der Waals surface area contributed by atoms with Gasteiger partial charge in [-0.1, -0.05) is 63.4 Å². The van der Waals surface area contributed by atoms with Crippen molar-refractivity contribution < 1.29 is 4.79 Å². The molecule has 18 heavy (non-hydrogen) atoms. The zero-order chi connectivity index (χ0) is 13.6. The third-order valence-electron chi connectivity index (χ3n) is 4.11. The Morgan fingerprint density at radius 2 is 1.89 bits per heavy atom. The lowest BCUT2D eigenvalue weighted by atomic mass is 9.70. The molecule has 1 aromatic carbocycles. The normalized spacial score (nSPS) is 15.9. The molecule has 1 rings (SSSR count). The van der Waals surface area contributed by atoms with E-state index in [0.717, 1.165) is 18.4 Å². The van der Waals surface area contributed by atoms with Crippen molar-refractivity contribution in [2.45, 2.75) is 51.9 Å². The number of nitrogens with two attached hydrogens (primary N) is 1. The number of amides is 1. The van der Waals surface area contributed by atoms with E-state index in [9.17, 15) is 4.79 Å². The fourth-order valence-corrected chi connectivity index (χ4v) is 2.44. The van der Waals surface area contributed by atoms with Crippen molar-refractivity contribution >= 4 is 5.91 Å². The molecule has 100 valence electrons. The van der Waals surface area contributed by atoms with E-state index in [0.29, 0.717) is 0 Å². The number of primary amides is 1. The van der Waals surface area contributed by atoms with Crippen LogP contribution >= 0.6 is 0 Å². The highest BCUT2D eigenvalue weighted by atomic mass is 16.1. The summed E-state index contributed by atoms with van der Waals surface area (Å²) in [6, 6.07) is 9.90. The summed E-state index contributed by atoms with van der Waals surface area (Å²) < 4.78 is 0. The summed E-state index contributed by atoms with van der Waals surface area (Å²) in [5, 5.41) is 0. The molecule has 0 saturated heterocycles. The second kappa shape index (κ2) is 6.58. The van der Waals surface area contributed by atoms with Gasteiger partial charge in [0.1, 0.15) is 0 Å². The highest BCUT2D eigenvalue weighted by Crippen LogP contribution is 2.34. The lowest BCUT2D eigenvalue weighted by molar-refractivity contribution is -0.124. The molecule has 2 atom stereocenters. The van der Waals surface area contributed by atoms with E-state index in [1.807, 2.05) is 37.3 Å². The van der Waals surface area contributed by atoms with Crippen LogP contribution in [0.15, 0.2) is 30.3 Å². The molecule has 0 fully saturated rings. The number of rotatable bonds is 7. The van der Waals surface area contributed by atoms with Crippen LogP contribution in [0.5, 0.6) is 0 Å². The largest absolute Gasteiger partial charge is 0.369 e. The van der Waals surface area contributed by atoms with Crippen molar-refractivity contribution in [3.8, 4) is 0 Å². The van der Waals surface area contributed by atoms with Crippen LogP contribution in [-0.2, 0) is 10.2 Å². The van der Waals surface area contributed by atoms with Crippen molar-refractivity contribution in [3.05, 3.63) is 35.9 Å². The second-order valence-electron chi connectivity index (χ2n) is 5.33. The summed E-state index contributed by atoms with van der Waals surface area (Å²) in [6.07, 6.45) is 4.62. The van der Waals surface area contributed by atoms with Crippen LogP contribution in [0, 0.1) is 5.92 Å². The minimum absolute atomic E-state index is 0.224. The molecule has 1 amide bonds. The molecule has 2 nitrogen and oxygen atoms in total. The molecule has 0 saturated carbocycles. The van der Waals surface area contributed by atoms with Gasteiger partial charge in [0.2, 0.25) is 5.91 Å². The maximum atomic E-state index is 11.9. The quantitative estimate of drug-likeness (QED) is 0.734. The number of unbranched alkanes of at least 4 members (excludes halogenated alkanes) is 2. The Morgan fingerprint density at radius 3 is 2.39 bits per heavy atom. The predicted octanol–water partition coefficient (Wildman–Crippen LogP) is 3.65. The fourth-order valence-electron chi connectivity index (χ4n) is 2.44. The molecule has 0 aliphatic heterocycles. The summed E-state index contributed by atoms with van der Waals surface area (Å²) in [6.45, 7) is 6.30. The zero-order valence-corrected chi connectivity index (χ0v) is 11.8. The van der Waals surface area contributed by atoms with E-state index >= 15 is 0 Å². The van der Waals surface area contributed by atoms with E-state index in [4.69, 9.17) is 5.73 Å². The van der Waals surface area contributed by atoms with Gasteiger partial charge in [0.25, 0.3) is 0 Å². The Hall–Kier alpha value is -1.31. The Bertz CT molecular complexity index is 374. The molecule has 0 heterocycles. The number of carbonyl (C=O) groups excluding carboxylic acids is 1. The number of benzene rings is 1. The second-order valence-corrected chi connectivity index (χ2v) is 5.33. The summed E-state index contributed by atoms with van der Waals surface area (Å²) in [4.78, 5) is 11.9. The number of hydrogen-bond donors (Lipinski definition) is 1. The molecular formula is C16H25NO. The molecule has 0 aromatic heterocycles. The van der Waals surface area contributed by atoms with Gasteiger partial charge in [-0.15, -0.1) is 0 Å². The van der Waals surface area contributed by atoms with Crippen molar-refractivity contribution in [1.82, 2.24) is 0 Å². The first-order valence-electron chi connectivity index (χ1n) is 6.88. The molecule has 2 heteroatoms. The molecule has 0 aliphatic carbocycles. The lowest BCUT2D eigenvalue weighted by Gasteiger charge is -2.33. The van der Waals surface area contributed by atoms with Crippen LogP contribution in [-0.4, -0.2) is 5.91 Å². The Labute approximate surface area is 111 Å². The molecule has 1 aromatic rings. The standard InChI is InChI=1S/C16H25NO/c1-4-5-7-10-13(2)16(3,15(17)18)14-11-8-6-9-12-14/h6,8-9,11-13H,4-5,7,10H2,1-3H3,(H2,17,18). The number of carbonyl (C=O) groups is 1. The van der Waals surface area contributed by atoms with Crippen molar-refractivity contribution in [2.24, 2.45) is 11.7 Å². The minimum atomic E-state index is -0.561. The van der Waals surface area contributed by atoms with Crippen LogP contribution in [0.4, 0.5) is 0 Å². The SMILES string of the molecule is CCCCCC(C)C(C)(C(N)=O)c1ccccc1. The maximum Gasteiger partial charge on any atom is 0.228 e. The molecule has 0 radical (unpaired) electrons. The van der Waals surface area contributed by atoms with E-state index in [2.05, 4.69) is 13.8 Å². The third kappa shape index (κ3) is 3.12. The summed E-state index contributed by atoms with van der Waals surface area (Å²) in [5.74, 6) is 0.0432. The van der Waals surface area contributed by atoms with Crippen LogP contribution in [0.2, 0.25) is 0 Å². The Kier molecular flexibility index (Phi) is 5.39. The lowest BCUT2D eigenvalue weighted by Crippen LogP contribution is -2.43. The predicted molar refractivity (Wildman–Crippen MR) is 76.3 cm³/mol. The fraction of sp³-hybridized carbons (Fsp3) is 0.562. The summed E-state index contributed by atoms with van der Waals surface area (Å²) in [7, 11) is 0. The summed E-state index contributed by atoms with van der Waals surface area (Å²) in [5.41, 5.74) is 6.14. The van der Waals surface area contributed by atoms with Crippen molar-refractivity contribution in [1.29, 1.82) is 0 Å². The van der Waals surface area contributed by atoms with Gasteiger partial charge in [0, 0.05) is 0 Å². The first kappa shape index (κ1) is 14.7. The third-order valence-corrected chi connectivity index (χ3v) is 4.11. The van der Waals surface area contributed by atoms with Gasteiger partial charge in [-0.2, -0.15) is 0 Å². The van der Waals surface area contributed by atoms with E-state index < -0.39 is 5.41 Å². The van der Waals surface area contributed by atoms with Gasteiger partial charge in [-0.3, -0.25) is 4.79 Å². The van der Waals surface area contributed by atoms with Gasteiger partial charge in [-0.05, 0) is 24.8 Å². The molecule has 2 unspecified atom stereocenters. The monoisotopic (exact) mass is 247 g/mol. The molecule has 2 N–H and O–H groups in total. The highest BCUT2D eigenvalue weighted by molar-refractivity contribution is 5.86. The van der Waals surface area contributed by atoms with E-state index in [-0.39, 0.29) is 11.8 Å². The van der Waals surface area contributed by atoms with Crippen molar-refractivity contribution in [2.75, 3.05) is 0 Å². The van der Waals surface area contributed by atoms with E-state index in [1.54, 1.807) is 0 Å². The average Bonchev–Trinajstić information content (AvgIpc) is 2.38. The number of hydrogen-bond acceptors (Lipinski definition) is 1. The van der Waals surface area contributed by atoms with Gasteiger partial charge in [-0.25, -0.2) is 0 Å². The first-order chi connectivity index (χ1) is 8.53. The zero-order valence-electron chi connectivity index (χ0n) is 11.8. The van der Waals surface area contributed by atoms with Gasteiger partial charge >= 0.3 is 0 Å². The molecule has 0 spiro atoms. The van der Waals surface area contributed by atoms with Crippen LogP contribution in [0.1, 0.15) is 52.0 Å². The molecule has 0 aliphatic rings. The van der Waals surface area contributed by atoms with Crippen LogP contribution < -0.4 is 5.73 Å². The molecular weight excluding hydrogens is 222 g/mol. The Morgan fingerprint density at radius 1 is 1.28 bits per heavy atom. The maximum absolute atomic E-state index is 11.9. The van der Waals surface area contributed by atoms with Gasteiger partial charge in [0.15, 0.2) is 0 Å². The highest BCUT2D eigenvalue weighted by Gasteiger charge is 2.38. The Balaban J connectivity index is 2.90. The van der Waals surface area contributed by atoms with Gasteiger partial charge in [0.05, 0.1) is 5.41 Å². The van der Waals surface area contributed by atoms with Crippen molar-refractivity contribution in [3.63, 3.8) is 0 Å².